The van der Waals surface area contributed by atoms with Crippen molar-refractivity contribution < 1.29 is 14.1 Å². The summed E-state index contributed by atoms with van der Waals surface area (Å²) in [5.41, 5.74) is 2.75. The fourth-order valence-corrected chi connectivity index (χ4v) is 3.77. The van der Waals surface area contributed by atoms with E-state index in [4.69, 9.17) is 9.26 Å². The first-order chi connectivity index (χ1) is 15.4. The van der Waals surface area contributed by atoms with Gasteiger partial charge in [0.05, 0.1) is 16.8 Å². The molecule has 0 unspecified atom stereocenters. The first-order valence-electron chi connectivity index (χ1n) is 10.5. The number of rotatable bonds is 4. The summed E-state index contributed by atoms with van der Waals surface area (Å²) in [6, 6.07) is 8.85. The van der Waals surface area contributed by atoms with Crippen LogP contribution in [0.1, 0.15) is 37.8 Å². The average molecular weight is 432 g/mol. The molecule has 1 aromatic carbocycles. The molecule has 1 aliphatic rings. The molecule has 3 aromatic heterocycles. The Morgan fingerprint density at radius 1 is 1.22 bits per heavy atom. The largest absolute Gasteiger partial charge is 0.439 e. The van der Waals surface area contributed by atoms with Gasteiger partial charge in [-0.2, -0.15) is 0 Å². The normalized spacial score (nSPS) is 13.3. The van der Waals surface area contributed by atoms with Crippen LogP contribution >= 0.6 is 0 Å². The lowest BCUT2D eigenvalue weighted by Gasteiger charge is -2.14. The number of nitrogens with one attached hydrogen (secondary N) is 2. The second-order valence-corrected chi connectivity index (χ2v) is 9.06. The van der Waals surface area contributed by atoms with Crippen LogP contribution in [0.5, 0.6) is 11.6 Å². The summed E-state index contributed by atoms with van der Waals surface area (Å²) < 4.78 is 12.9. The highest BCUT2D eigenvalue weighted by atomic mass is 16.5. The lowest BCUT2D eigenvalue weighted by atomic mass is 9.91. The zero-order chi connectivity index (χ0) is 22.3. The number of carbonyl (C=O) groups excluding carboxylic acids is 1. The zero-order valence-electron chi connectivity index (χ0n) is 18.2. The molecule has 0 bridgehead atoms. The minimum Gasteiger partial charge on any atom is -0.439 e. The number of benzene rings is 1. The summed E-state index contributed by atoms with van der Waals surface area (Å²) in [5.74, 6) is 2.32. The fraction of sp³-hybridized carbons (Fsp3) is 0.304. The van der Waals surface area contributed by atoms with Gasteiger partial charge in [0, 0.05) is 37.2 Å². The second-order valence-electron chi connectivity index (χ2n) is 9.06. The Bertz CT molecular complexity index is 1300. The monoisotopic (exact) mass is 432 g/mol. The van der Waals surface area contributed by atoms with E-state index in [0.717, 1.165) is 34.3 Å². The first kappa shape index (κ1) is 20.2. The molecule has 1 aliphatic heterocycles. The molecular formula is C23H24N6O3. The number of carbonyl (C=O) groups is 1. The molecule has 4 aromatic rings. The Balaban J connectivity index is 1.33. The van der Waals surface area contributed by atoms with E-state index in [1.54, 1.807) is 12.3 Å². The Morgan fingerprint density at radius 2 is 2.09 bits per heavy atom. The van der Waals surface area contributed by atoms with Crippen LogP contribution in [0.2, 0.25) is 0 Å². The van der Waals surface area contributed by atoms with Crippen molar-refractivity contribution in [3.63, 3.8) is 0 Å². The van der Waals surface area contributed by atoms with Crippen molar-refractivity contribution in [2.24, 2.45) is 5.41 Å². The predicted molar refractivity (Wildman–Crippen MR) is 119 cm³/mol. The minimum atomic E-state index is -0.316. The third-order valence-electron chi connectivity index (χ3n) is 5.18. The van der Waals surface area contributed by atoms with Gasteiger partial charge in [0.2, 0.25) is 5.88 Å². The topological polar surface area (TPSA) is 107 Å². The molecule has 2 N–H and O–H groups in total. The lowest BCUT2D eigenvalue weighted by molar-refractivity contribution is 0.254. The Hall–Kier alpha value is -3.72. The van der Waals surface area contributed by atoms with Crippen molar-refractivity contribution in [2.45, 2.75) is 40.3 Å². The van der Waals surface area contributed by atoms with Crippen LogP contribution in [0.3, 0.4) is 0 Å². The molecular weight excluding hydrogens is 408 g/mol. The molecule has 0 aliphatic carbocycles. The highest BCUT2D eigenvalue weighted by Gasteiger charge is 2.19. The molecule has 0 atom stereocenters. The summed E-state index contributed by atoms with van der Waals surface area (Å²) in [4.78, 5) is 21.3. The van der Waals surface area contributed by atoms with Crippen molar-refractivity contribution in [2.75, 3.05) is 5.32 Å². The standard InChI is InChI=1S/C23H24N6O3/c1-23(2,3)10-16-9-20(28-32-16)27-22(30)29-7-6-14-8-15(4-5-19(14)29)31-21-17-11-24-12-18(17)25-13-26-21/h4-9,13,24H,10-12H2,1-3H3,(H,27,28,30). The second kappa shape index (κ2) is 7.76. The maximum atomic E-state index is 12.8. The molecule has 0 saturated heterocycles. The molecule has 0 radical (unpaired) electrons. The number of aromatic nitrogens is 4. The maximum Gasteiger partial charge on any atom is 0.331 e. The average Bonchev–Trinajstić information content (AvgIpc) is 3.46. The SMILES string of the molecule is CC(C)(C)Cc1cc(NC(=O)n2ccc3cc(Oc4ncnc5c4CNC5)ccc32)no1. The molecule has 9 nitrogen and oxygen atoms in total. The quantitative estimate of drug-likeness (QED) is 0.489. The number of hydrogen-bond donors (Lipinski definition) is 2. The van der Waals surface area contributed by atoms with Gasteiger partial charge in [-0.05, 0) is 29.7 Å². The Morgan fingerprint density at radius 3 is 2.94 bits per heavy atom. The highest BCUT2D eigenvalue weighted by Crippen LogP contribution is 2.30. The summed E-state index contributed by atoms with van der Waals surface area (Å²) in [6.07, 6.45) is 3.96. The summed E-state index contributed by atoms with van der Waals surface area (Å²) in [6.45, 7) is 7.75. The van der Waals surface area contributed by atoms with Gasteiger partial charge in [0.25, 0.3) is 0 Å². The molecule has 0 saturated carbocycles. The van der Waals surface area contributed by atoms with E-state index in [0.29, 0.717) is 30.5 Å². The summed E-state index contributed by atoms with van der Waals surface area (Å²) in [7, 11) is 0. The van der Waals surface area contributed by atoms with Gasteiger partial charge < -0.3 is 14.6 Å². The summed E-state index contributed by atoms with van der Waals surface area (Å²) >= 11 is 0. The third-order valence-corrected chi connectivity index (χ3v) is 5.18. The molecule has 0 spiro atoms. The number of hydrogen-bond acceptors (Lipinski definition) is 7. The van der Waals surface area contributed by atoms with Gasteiger partial charge in [-0.25, -0.2) is 14.8 Å². The number of nitrogens with zero attached hydrogens (tertiary/aromatic N) is 4. The van der Waals surface area contributed by atoms with Gasteiger partial charge in [-0.1, -0.05) is 25.9 Å². The van der Waals surface area contributed by atoms with E-state index in [2.05, 4.69) is 46.5 Å². The van der Waals surface area contributed by atoms with Crippen LogP contribution in [0.25, 0.3) is 10.9 Å². The Labute approximate surface area is 184 Å². The number of ether oxygens (including phenoxy) is 1. The molecule has 4 heterocycles. The fourth-order valence-electron chi connectivity index (χ4n) is 3.77. The van der Waals surface area contributed by atoms with Gasteiger partial charge >= 0.3 is 6.03 Å². The smallest absolute Gasteiger partial charge is 0.331 e. The van der Waals surface area contributed by atoms with Gasteiger partial charge in [-0.3, -0.25) is 9.88 Å². The molecule has 32 heavy (non-hydrogen) atoms. The first-order valence-corrected chi connectivity index (χ1v) is 10.5. The van der Waals surface area contributed by atoms with Gasteiger partial charge in [0.15, 0.2) is 5.82 Å². The van der Waals surface area contributed by atoms with Crippen molar-refractivity contribution in [1.82, 2.24) is 25.0 Å². The predicted octanol–water partition coefficient (Wildman–Crippen LogP) is 4.48. The number of fused-ring (bicyclic) bond motifs is 2. The van der Waals surface area contributed by atoms with Crippen molar-refractivity contribution in [3.05, 3.63) is 59.9 Å². The van der Waals surface area contributed by atoms with Gasteiger partial charge in [0.1, 0.15) is 17.8 Å². The number of anilines is 1. The van der Waals surface area contributed by atoms with Gasteiger partial charge in [-0.15, -0.1) is 0 Å². The van der Waals surface area contributed by atoms with Crippen LogP contribution < -0.4 is 15.4 Å². The van der Waals surface area contributed by atoms with E-state index in [9.17, 15) is 4.79 Å². The van der Waals surface area contributed by atoms with Crippen LogP contribution in [0.4, 0.5) is 10.6 Å². The zero-order valence-corrected chi connectivity index (χ0v) is 18.2. The van der Waals surface area contributed by atoms with Crippen LogP contribution in [-0.2, 0) is 19.5 Å². The molecule has 164 valence electrons. The van der Waals surface area contributed by atoms with Crippen molar-refractivity contribution >= 4 is 22.8 Å². The molecule has 1 amide bonds. The molecule has 5 rings (SSSR count). The minimum absolute atomic E-state index is 0.0690. The van der Waals surface area contributed by atoms with E-state index >= 15 is 0 Å². The number of amides is 1. The van der Waals surface area contributed by atoms with Crippen LogP contribution in [0.15, 0.2) is 47.4 Å². The van der Waals surface area contributed by atoms with Crippen molar-refractivity contribution in [3.8, 4) is 11.6 Å². The third kappa shape index (κ3) is 4.06. The summed E-state index contributed by atoms with van der Waals surface area (Å²) in [5, 5.41) is 10.9. The van der Waals surface area contributed by atoms with Crippen LogP contribution in [0, 0.1) is 5.41 Å². The highest BCUT2D eigenvalue weighted by molar-refractivity contribution is 5.98. The maximum absolute atomic E-state index is 12.8. The van der Waals surface area contributed by atoms with Crippen LogP contribution in [-0.4, -0.2) is 25.7 Å². The van der Waals surface area contributed by atoms with E-state index in [-0.39, 0.29) is 11.4 Å². The van der Waals surface area contributed by atoms with Crippen molar-refractivity contribution in [1.29, 1.82) is 0 Å². The van der Waals surface area contributed by atoms with E-state index in [1.165, 1.54) is 10.9 Å². The molecule has 0 fully saturated rings. The van der Waals surface area contributed by atoms with E-state index in [1.807, 2.05) is 24.3 Å². The van der Waals surface area contributed by atoms with E-state index < -0.39 is 0 Å². The lowest BCUT2D eigenvalue weighted by Crippen LogP contribution is -2.18. The Kier molecular flexibility index (Phi) is 4.90. The molecule has 9 heteroatoms.